The zero-order valence-corrected chi connectivity index (χ0v) is 10.4. The lowest BCUT2D eigenvalue weighted by Gasteiger charge is -2.01. The number of benzene rings is 1. The maximum atomic E-state index is 11.9. The number of hydrogen-bond donors (Lipinski definition) is 2. The van der Waals surface area contributed by atoms with E-state index in [1.807, 2.05) is 30.3 Å². The number of nitrogens with one attached hydrogen (secondary N) is 1. The minimum Gasteiger partial charge on any atom is -0.507 e. The summed E-state index contributed by atoms with van der Waals surface area (Å²) in [7, 11) is 0. The number of aromatic amines is 1. The molecule has 96 valence electrons. The fourth-order valence-electron chi connectivity index (χ4n) is 1.73. The highest BCUT2D eigenvalue weighted by Crippen LogP contribution is 2.14. The molecule has 0 aliphatic heterocycles. The van der Waals surface area contributed by atoms with E-state index in [0.29, 0.717) is 5.69 Å². The normalized spacial score (nSPS) is 10.8. The molecule has 2 aromatic rings. The summed E-state index contributed by atoms with van der Waals surface area (Å²) in [4.78, 5) is 26.0. The van der Waals surface area contributed by atoms with Crippen LogP contribution in [0.25, 0.3) is 6.08 Å². The largest absolute Gasteiger partial charge is 0.507 e. The Bertz CT molecular complexity index is 684. The summed E-state index contributed by atoms with van der Waals surface area (Å²) in [5.41, 5.74) is 0.531. The number of carbonyl (C=O) groups is 1. The van der Waals surface area contributed by atoms with Gasteiger partial charge in [0.1, 0.15) is 11.3 Å². The monoisotopic (exact) mass is 255 g/mol. The zero-order chi connectivity index (χ0) is 13.8. The first-order chi connectivity index (χ1) is 9.08. The number of ketones is 1. The zero-order valence-electron chi connectivity index (χ0n) is 10.4. The molecule has 2 rings (SSSR count). The molecule has 0 amide bonds. The van der Waals surface area contributed by atoms with Crippen LogP contribution in [-0.4, -0.2) is 15.9 Å². The van der Waals surface area contributed by atoms with Crippen LogP contribution in [0, 0.1) is 6.92 Å². The molecule has 0 aliphatic carbocycles. The molecule has 0 saturated heterocycles. The minimum absolute atomic E-state index is 0.238. The van der Waals surface area contributed by atoms with Gasteiger partial charge in [0.05, 0.1) is 0 Å². The summed E-state index contributed by atoms with van der Waals surface area (Å²) in [5, 5.41) is 9.67. The second-order valence-electron chi connectivity index (χ2n) is 4.15. The van der Waals surface area contributed by atoms with E-state index in [9.17, 15) is 14.7 Å². The lowest BCUT2D eigenvalue weighted by molar-refractivity contribution is 0.104. The summed E-state index contributed by atoms with van der Waals surface area (Å²) in [6, 6.07) is 10.6. The van der Waals surface area contributed by atoms with Crippen LogP contribution in [0.15, 0.2) is 47.3 Å². The van der Waals surface area contributed by atoms with E-state index in [4.69, 9.17) is 0 Å². The van der Waals surface area contributed by atoms with Crippen molar-refractivity contribution in [3.05, 3.63) is 69.6 Å². The van der Waals surface area contributed by atoms with E-state index < -0.39 is 11.3 Å². The van der Waals surface area contributed by atoms with Crippen molar-refractivity contribution in [2.75, 3.05) is 0 Å². The molecule has 0 saturated carbocycles. The Morgan fingerprint density at radius 3 is 2.58 bits per heavy atom. The highest BCUT2D eigenvalue weighted by Gasteiger charge is 2.13. The van der Waals surface area contributed by atoms with Gasteiger partial charge in [0, 0.05) is 5.69 Å². The van der Waals surface area contributed by atoms with Gasteiger partial charge in [-0.05, 0) is 24.6 Å². The molecule has 4 heteroatoms. The quantitative estimate of drug-likeness (QED) is 0.653. The summed E-state index contributed by atoms with van der Waals surface area (Å²) >= 11 is 0. The van der Waals surface area contributed by atoms with E-state index in [1.165, 1.54) is 12.1 Å². The van der Waals surface area contributed by atoms with Crippen LogP contribution in [0.4, 0.5) is 0 Å². The highest BCUT2D eigenvalue weighted by molar-refractivity contribution is 6.08. The van der Waals surface area contributed by atoms with Crippen LogP contribution >= 0.6 is 0 Å². The van der Waals surface area contributed by atoms with Gasteiger partial charge in [-0.15, -0.1) is 0 Å². The third-order valence-corrected chi connectivity index (χ3v) is 2.62. The van der Waals surface area contributed by atoms with Crippen LogP contribution in [0.5, 0.6) is 5.75 Å². The summed E-state index contributed by atoms with van der Waals surface area (Å²) in [6.45, 7) is 1.63. The number of aromatic nitrogens is 1. The fraction of sp³-hybridized carbons (Fsp3) is 0.0667. The molecule has 0 radical (unpaired) electrons. The number of aromatic hydroxyl groups is 1. The predicted octanol–water partition coefficient (Wildman–Crippen LogP) is 2.29. The molecule has 0 bridgehead atoms. The van der Waals surface area contributed by atoms with Gasteiger partial charge in [-0.1, -0.05) is 36.4 Å². The Kier molecular flexibility index (Phi) is 3.61. The average Bonchev–Trinajstić information content (AvgIpc) is 2.36. The van der Waals surface area contributed by atoms with Crippen molar-refractivity contribution in [1.82, 2.24) is 4.98 Å². The Labute approximate surface area is 110 Å². The Balaban J connectivity index is 2.31. The minimum atomic E-state index is -0.583. The van der Waals surface area contributed by atoms with Gasteiger partial charge in [0.15, 0.2) is 5.78 Å². The Morgan fingerprint density at radius 2 is 1.95 bits per heavy atom. The Hall–Kier alpha value is -2.62. The Morgan fingerprint density at radius 1 is 1.26 bits per heavy atom. The van der Waals surface area contributed by atoms with Crippen molar-refractivity contribution >= 4 is 11.9 Å². The molecule has 1 heterocycles. The molecule has 2 N–H and O–H groups in total. The second kappa shape index (κ2) is 5.35. The highest BCUT2D eigenvalue weighted by atomic mass is 16.3. The number of rotatable bonds is 3. The first-order valence-electron chi connectivity index (χ1n) is 5.78. The van der Waals surface area contributed by atoms with Crippen LogP contribution < -0.4 is 5.56 Å². The van der Waals surface area contributed by atoms with Crippen LogP contribution in [0.3, 0.4) is 0 Å². The lowest BCUT2D eigenvalue weighted by atomic mass is 10.1. The van der Waals surface area contributed by atoms with E-state index in [1.54, 1.807) is 13.0 Å². The standard InChI is InChI=1S/C15H13NO3/c1-10-9-13(18)14(15(19)16-10)12(17)8-7-11-5-3-2-4-6-11/h2-9H,1H3,(H2,16,18,19). The number of carbonyl (C=O) groups excluding carboxylic acids is 1. The van der Waals surface area contributed by atoms with Gasteiger partial charge in [-0.2, -0.15) is 0 Å². The first-order valence-corrected chi connectivity index (χ1v) is 5.78. The van der Waals surface area contributed by atoms with E-state index in [0.717, 1.165) is 5.56 Å². The summed E-state index contributed by atoms with van der Waals surface area (Å²) in [6.07, 6.45) is 2.87. The van der Waals surface area contributed by atoms with E-state index in [2.05, 4.69) is 4.98 Å². The number of hydrogen-bond acceptors (Lipinski definition) is 3. The molecule has 0 unspecified atom stereocenters. The van der Waals surface area contributed by atoms with Gasteiger partial charge < -0.3 is 10.1 Å². The molecule has 0 aliphatic rings. The number of H-pyrrole nitrogens is 1. The smallest absolute Gasteiger partial charge is 0.263 e. The topological polar surface area (TPSA) is 70.2 Å². The van der Waals surface area contributed by atoms with Crippen molar-refractivity contribution in [3.8, 4) is 5.75 Å². The van der Waals surface area contributed by atoms with Gasteiger partial charge >= 0.3 is 0 Å². The van der Waals surface area contributed by atoms with E-state index in [-0.39, 0.29) is 11.3 Å². The summed E-state index contributed by atoms with van der Waals surface area (Å²) < 4.78 is 0. The third kappa shape index (κ3) is 2.98. The van der Waals surface area contributed by atoms with Crippen LogP contribution in [-0.2, 0) is 0 Å². The number of aryl methyl sites for hydroxylation is 1. The molecule has 0 atom stereocenters. The molecular formula is C15H13NO3. The number of pyridine rings is 1. The van der Waals surface area contributed by atoms with Gasteiger partial charge in [0.2, 0.25) is 0 Å². The fourth-order valence-corrected chi connectivity index (χ4v) is 1.73. The van der Waals surface area contributed by atoms with Crippen molar-refractivity contribution in [3.63, 3.8) is 0 Å². The van der Waals surface area contributed by atoms with Gasteiger partial charge in [0.25, 0.3) is 5.56 Å². The van der Waals surface area contributed by atoms with Crippen molar-refractivity contribution < 1.29 is 9.90 Å². The molecule has 1 aromatic heterocycles. The van der Waals surface area contributed by atoms with Crippen LogP contribution in [0.1, 0.15) is 21.6 Å². The number of allylic oxidation sites excluding steroid dienone is 1. The van der Waals surface area contributed by atoms with Gasteiger partial charge in [-0.3, -0.25) is 9.59 Å². The van der Waals surface area contributed by atoms with Crippen LogP contribution in [0.2, 0.25) is 0 Å². The SMILES string of the molecule is Cc1cc(O)c(C(=O)C=Cc2ccccc2)c(=O)[nH]1. The van der Waals surface area contributed by atoms with Crippen molar-refractivity contribution in [1.29, 1.82) is 0 Å². The predicted molar refractivity (Wildman–Crippen MR) is 73.3 cm³/mol. The molecular weight excluding hydrogens is 242 g/mol. The summed E-state index contributed by atoms with van der Waals surface area (Å²) in [5.74, 6) is -0.827. The molecule has 0 spiro atoms. The maximum Gasteiger partial charge on any atom is 0.263 e. The molecule has 1 aromatic carbocycles. The third-order valence-electron chi connectivity index (χ3n) is 2.62. The average molecular weight is 255 g/mol. The molecule has 19 heavy (non-hydrogen) atoms. The molecule has 0 fully saturated rings. The van der Waals surface area contributed by atoms with Crippen molar-refractivity contribution in [2.24, 2.45) is 0 Å². The van der Waals surface area contributed by atoms with Gasteiger partial charge in [-0.25, -0.2) is 0 Å². The molecule has 4 nitrogen and oxygen atoms in total. The second-order valence-corrected chi connectivity index (χ2v) is 4.15. The maximum absolute atomic E-state index is 11.9. The van der Waals surface area contributed by atoms with E-state index >= 15 is 0 Å². The first kappa shape index (κ1) is 12.8. The lowest BCUT2D eigenvalue weighted by Crippen LogP contribution is -2.17. The van der Waals surface area contributed by atoms with Crippen molar-refractivity contribution in [2.45, 2.75) is 6.92 Å².